The van der Waals surface area contributed by atoms with E-state index in [-0.39, 0.29) is 23.7 Å². The molecule has 1 N–H and O–H groups in total. The molecule has 0 unspecified atom stereocenters. The highest BCUT2D eigenvalue weighted by Gasteiger charge is 2.49. The van der Waals surface area contributed by atoms with Gasteiger partial charge in [0.2, 0.25) is 5.91 Å². The van der Waals surface area contributed by atoms with Crippen LogP contribution in [0.25, 0.3) is 0 Å². The normalized spacial score (nSPS) is 29.9. The molecule has 0 bridgehead atoms. The fourth-order valence-corrected chi connectivity index (χ4v) is 5.85. The third-order valence-corrected chi connectivity index (χ3v) is 7.42. The molecule has 0 radical (unpaired) electrons. The Morgan fingerprint density at radius 3 is 2.91 bits per heavy atom. The summed E-state index contributed by atoms with van der Waals surface area (Å²) in [4.78, 5) is 16.6. The number of nitrogens with zero attached hydrogens (tertiary/aromatic N) is 2. The first-order valence-electron chi connectivity index (χ1n) is 11.9. The summed E-state index contributed by atoms with van der Waals surface area (Å²) >= 11 is 0. The van der Waals surface area contributed by atoms with E-state index in [0.29, 0.717) is 18.4 Å². The maximum absolute atomic E-state index is 12.1. The van der Waals surface area contributed by atoms with Gasteiger partial charge in [0.1, 0.15) is 11.6 Å². The van der Waals surface area contributed by atoms with Gasteiger partial charge in [-0.25, -0.2) is 4.98 Å². The minimum atomic E-state index is -0.265. The molecule has 32 heavy (non-hydrogen) atoms. The lowest BCUT2D eigenvalue weighted by molar-refractivity contribution is -0.153. The number of benzene rings is 1. The highest BCUT2D eigenvalue weighted by Crippen LogP contribution is 2.48. The van der Waals surface area contributed by atoms with Crippen molar-refractivity contribution in [3.8, 4) is 5.75 Å². The van der Waals surface area contributed by atoms with E-state index in [4.69, 9.17) is 9.47 Å². The van der Waals surface area contributed by atoms with Crippen LogP contribution >= 0.6 is 0 Å². The Bertz CT molecular complexity index is 956. The number of carbonyl (C=O) groups is 1. The number of imidazole rings is 1. The smallest absolute Gasteiger partial charge is 0.217 e. The molecule has 5 atom stereocenters. The molecule has 174 valence electrons. The van der Waals surface area contributed by atoms with Crippen molar-refractivity contribution in [3.05, 3.63) is 47.5 Å². The van der Waals surface area contributed by atoms with Crippen LogP contribution in [0.3, 0.4) is 0 Å². The summed E-state index contributed by atoms with van der Waals surface area (Å²) in [6.45, 7) is 8.96. The Balaban J connectivity index is 1.65. The fourth-order valence-electron chi connectivity index (χ4n) is 5.85. The van der Waals surface area contributed by atoms with Gasteiger partial charge < -0.3 is 19.4 Å². The topological polar surface area (TPSA) is 65.4 Å². The van der Waals surface area contributed by atoms with Crippen LogP contribution in [0.4, 0.5) is 0 Å². The number of methoxy groups -OCH3 is 1. The molecule has 2 heterocycles. The molecule has 1 saturated heterocycles. The number of rotatable bonds is 6. The average Bonchev–Trinajstić information content (AvgIpc) is 3.19. The van der Waals surface area contributed by atoms with Crippen molar-refractivity contribution in [3.63, 3.8) is 0 Å². The molecule has 4 rings (SSSR count). The molecular weight excluding hydrogens is 402 g/mol. The van der Waals surface area contributed by atoms with Gasteiger partial charge >= 0.3 is 0 Å². The Hall–Kier alpha value is -2.34. The molecule has 1 amide bonds. The predicted molar refractivity (Wildman–Crippen MR) is 125 cm³/mol. The first-order chi connectivity index (χ1) is 15.3. The lowest BCUT2D eigenvalue weighted by atomic mass is 9.66. The number of fused-ring (bicyclic) bond motifs is 1. The third-order valence-electron chi connectivity index (χ3n) is 7.42. The van der Waals surface area contributed by atoms with Gasteiger partial charge in [0.25, 0.3) is 0 Å². The average molecular weight is 440 g/mol. The molecule has 2 aromatic rings. The summed E-state index contributed by atoms with van der Waals surface area (Å²) in [6.07, 6.45) is 8.99. The Morgan fingerprint density at radius 2 is 2.19 bits per heavy atom. The fraction of sp³-hybridized carbons (Fsp3) is 0.615. The summed E-state index contributed by atoms with van der Waals surface area (Å²) in [7, 11) is 1.71. The minimum Gasteiger partial charge on any atom is -0.496 e. The minimum absolute atomic E-state index is 0.0353. The van der Waals surface area contributed by atoms with Crippen LogP contribution in [-0.4, -0.2) is 34.2 Å². The molecule has 2 aliphatic rings. The lowest BCUT2D eigenvalue weighted by Crippen LogP contribution is -2.60. The van der Waals surface area contributed by atoms with E-state index >= 15 is 0 Å². The monoisotopic (exact) mass is 439 g/mol. The summed E-state index contributed by atoms with van der Waals surface area (Å²) < 4.78 is 14.6. The lowest BCUT2D eigenvalue weighted by Gasteiger charge is -2.52. The van der Waals surface area contributed by atoms with Crippen LogP contribution in [0.5, 0.6) is 5.75 Å². The van der Waals surface area contributed by atoms with Gasteiger partial charge in [-0.2, -0.15) is 0 Å². The van der Waals surface area contributed by atoms with Crippen LogP contribution in [0.1, 0.15) is 76.4 Å². The van der Waals surface area contributed by atoms with Crippen LogP contribution in [0.15, 0.2) is 30.6 Å². The van der Waals surface area contributed by atoms with Gasteiger partial charge in [-0.1, -0.05) is 26.3 Å². The summed E-state index contributed by atoms with van der Waals surface area (Å²) in [6, 6.07) is 6.37. The Labute approximate surface area is 191 Å². The van der Waals surface area contributed by atoms with Gasteiger partial charge in [0, 0.05) is 49.2 Å². The zero-order valence-corrected chi connectivity index (χ0v) is 20.1. The molecule has 6 heteroatoms. The second-order valence-corrected chi connectivity index (χ2v) is 9.89. The number of nitrogens with one attached hydrogen (secondary N) is 1. The second kappa shape index (κ2) is 9.26. The number of ether oxygens (including phenoxy) is 2. The zero-order chi connectivity index (χ0) is 22.9. The number of aromatic nitrogens is 2. The molecular formula is C26H37N3O3. The summed E-state index contributed by atoms with van der Waals surface area (Å²) in [5.74, 6) is 2.97. The first kappa shape index (κ1) is 22.8. The van der Waals surface area contributed by atoms with Crippen LogP contribution in [0, 0.1) is 11.8 Å². The van der Waals surface area contributed by atoms with Crippen LogP contribution in [-0.2, 0) is 22.5 Å². The molecule has 0 spiro atoms. The number of carbonyl (C=O) groups excluding carboxylic acids is 1. The number of hydrogen-bond acceptors (Lipinski definition) is 4. The molecule has 6 nitrogen and oxygen atoms in total. The standard InChI is InChI=1S/C26H37N3O3/c1-6-25-27-11-12-29(25)16-20-14-19(8-10-22(20)31-5)24-15-26(4,28-18(3)30)21-9-7-17(2)13-23(21)32-24/h8,10-12,14,17,21,23-24H,6-7,9,13,15-16H2,1-5H3,(H,28,30)/t17-,21-,23-,24-,26-/m1/s1. The quantitative estimate of drug-likeness (QED) is 0.711. The summed E-state index contributed by atoms with van der Waals surface area (Å²) in [5.41, 5.74) is 1.99. The van der Waals surface area contributed by atoms with Gasteiger partial charge in [0.05, 0.1) is 25.9 Å². The van der Waals surface area contributed by atoms with E-state index in [0.717, 1.165) is 48.4 Å². The molecule has 1 aliphatic carbocycles. The Kier molecular flexibility index (Phi) is 6.61. The number of hydrogen-bond donors (Lipinski definition) is 1. The first-order valence-corrected chi connectivity index (χ1v) is 11.9. The molecule has 1 aromatic carbocycles. The van der Waals surface area contributed by atoms with Crippen LogP contribution in [0.2, 0.25) is 0 Å². The van der Waals surface area contributed by atoms with Crippen molar-refractivity contribution in [1.29, 1.82) is 0 Å². The second-order valence-electron chi connectivity index (χ2n) is 9.89. The number of aryl methyl sites for hydroxylation is 1. The highest BCUT2D eigenvalue weighted by molar-refractivity contribution is 5.73. The van der Waals surface area contributed by atoms with E-state index in [9.17, 15) is 4.79 Å². The Morgan fingerprint density at radius 1 is 1.38 bits per heavy atom. The van der Waals surface area contributed by atoms with Crippen molar-refractivity contribution >= 4 is 5.91 Å². The van der Waals surface area contributed by atoms with Crippen molar-refractivity contribution in [2.75, 3.05) is 7.11 Å². The molecule has 2 fully saturated rings. The molecule has 1 saturated carbocycles. The third kappa shape index (κ3) is 4.56. The van der Waals surface area contributed by atoms with Crippen molar-refractivity contribution < 1.29 is 14.3 Å². The van der Waals surface area contributed by atoms with Gasteiger partial charge in [-0.3, -0.25) is 4.79 Å². The SMILES string of the molecule is CCc1nccn1Cc1cc([C@H]2C[C@@](C)(NC(C)=O)[C@@H]3CC[C@@H](C)C[C@H]3O2)ccc1OC. The van der Waals surface area contributed by atoms with Gasteiger partial charge in [-0.15, -0.1) is 0 Å². The highest BCUT2D eigenvalue weighted by atomic mass is 16.5. The van der Waals surface area contributed by atoms with E-state index in [2.05, 4.69) is 47.8 Å². The maximum Gasteiger partial charge on any atom is 0.217 e. The predicted octanol–water partition coefficient (Wildman–Crippen LogP) is 4.66. The van der Waals surface area contributed by atoms with E-state index in [1.165, 1.54) is 6.42 Å². The van der Waals surface area contributed by atoms with E-state index in [1.54, 1.807) is 14.0 Å². The van der Waals surface area contributed by atoms with Gasteiger partial charge in [-0.05, 0) is 43.4 Å². The van der Waals surface area contributed by atoms with Crippen molar-refractivity contribution in [2.45, 2.75) is 84.1 Å². The molecule has 1 aliphatic heterocycles. The maximum atomic E-state index is 12.1. The van der Waals surface area contributed by atoms with Gasteiger partial charge in [0.15, 0.2) is 0 Å². The summed E-state index contributed by atoms with van der Waals surface area (Å²) in [5, 5.41) is 3.30. The molecule has 1 aromatic heterocycles. The van der Waals surface area contributed by atoms with E-state index < -0.39 is 0 Å². The van der Waals surface area contributed by atoms with E-state index in [1.807, 2.05) is 18.5 Å². The largest absolute Gasteiger partial charge is 0.496 e. The van der Waals surface area contributed by atoms with Crippen molar-refractivity contribution in [1.82, 2.24) is 14.9 Å². The zero-order valence-electron chi connectivity index (χ0n) is 20.1. The van der Waals surface area contributed by atoms with Crippen molar-refractivity contribution in [2.24, 2.45) is 11.8 Å². The number of amides is 1. The van der Waals surface area contributed by atoms with Crippen LogP contribution < -0.4 is 10.1 Å².